The number of piperidine rings is 1. The van der Waals surface area contributed by atoms with Crippen molar-refractivity contribution in [1.82, 2.24) is 10.0 Å². The third kappa shape index (κ3) is 4.58. The van der Waals surface area contributed by atoms with Crippen LogP contribution < -0.4 is 10.0 Å². The Labute approximate surface area is 132 Å². The first-order valence-corrected chi connectivity index (χ1v) is 8.32. The number of sulfonamides is 1. The summed E-state index contributed by atoms with van der Waals surface area (Å²) in [6.07, 6.45) is 1.63. The van der Waals surface area contributed by atoms with Gasteiger partial charge in [0.2, 0.25) is 10.0 Å². The predicted octanol–water partition coefficient (Wildman–Crippen LogP) is 2.55. The van der Waals surface area contributed by atoms with Gasteiger partial charge >= 0.3 is 0 Å². The molecule has 1 fully saturated rings. The van der Waals surface area contributed by atoms with Crippen LogP contribution in [0.15, 0.2) is 27.6 Å². The Morgan fingerprint density at radius 1 is 1.32 bits per heavy atom. The summed E-state index contributed by atoms with van der Waals surface area (Å²) < 4.78 is 27.6. The molecule has 0 unspecified atom stereocenters. The van der Waals surface area contributed by atoms with Gasteiger partial charge in [0, 0.05) is 10.5 Å². The van der Waals surface area contributed by atoms with Gasteiger partial charge in [0.05, 0.1) is 9.92 Å². The minimum atomic E-state index is -3.47. The quantitative estimate of drug-likeness (QED) is 0.835. The van der Waals surface area contributed by atoms with Gasteiger partial charge in [-0.2, -0.15) is 0 Å². The lowest BCUT2D eigenvalue weighted by molar-refractivity contribution is 0.427. The topological polar surface area (TPSA) is 58.2 Å². The minimum absolute atomic E-state index is 0. The van der Waals surface area contributed by atoms with Gasteiger partial charge in [-0.1, -0.05) is 11.6 Å². The van der Waals surface area contributed by atoms with Crippen LogP contribution in [-0.4, -0.2) is 27.5 Å². The second-order valence-electron chi connectivity index (χ2n) is 4.22. The third-order valence-corrected chi connectivity index (χ3v) is 5.59. The molecule has 0 saturated carbocycles. The fourth-order valence-corrected chi connectivity index (χ4v) is 3.85. The molecule has 4 nitrogen and oxygen atoms in total. The largest absolute Gasteiger partial charge is 0.317 e. The highest BCUT2D eigenvalue weighted by Crippen LogP contribution is 2.25. The first-order valence-electron chi connectivity index (χ1n) is 5.67. The molecule has 0 bridgehead atoms. The lowest BCUT2D eigenvalue weighted by Gasteiger charge is -2.23. The van der Waals surface area contributed by atoms with Crippen molar-refractivity contribution in [2.75, 3.05) is 13.1 Å². The van der Waals surface area contributed by atoms with Crippen LogP contribution in [0.2, 0.25) is 5.02 Å². The Balaban J connectivity index is 0.00000180. The standard InChI is InChI=1S/C11H14BrClN2O2S.ClH/c12-10-7-9(1-2-11(10)13)18(16,17)15-8-3-5-14-6-4-8;/h1-2,7-8,14-15H,3-6H2;1H. The molecule has 0 amide bonds. The van der Waals surface area contributed by atoms with Crippen LogP contribution in [0.3, 0.4) is 0 Å². The zero-order chi connectivity index (χ0) is 13.2. The Morgan fingerprint density at radius 2 is 1.95 bits per heavy atom. The second kappa shape index (κ2) is 7.24. The Kier molecular flexibility index (Phi) is 6.56. The summed E-state index contributed by atoms with van der Waals surface area (Å²) in [5.41, 5.74) is 0. The fourth-order valence-electron chi connectivity index (χ4n) is 1.87. The molecule has 0 aromatic heterocycles. The lowest BCUT2D eigenvalue weighted by Crippen LogP contribution is -2.42. The molecule has 1 saturated heterocycles. The van der Waals surface area contributed by atoms with Gasteiger partial charge < -0.3 is 5.32 Å². The number of nitrogens with one attached hydrogen (secondary N) is 2. The molecular weight excluding hydrogens is 375 g/mol. The van der Waals surface area contributed by atoms with Crippen molar-refractivity contribution in [2.24, 2.45) is 0 Å². The van der Waals surface area contributed by atoms with E-state index in [-0.39, 0.29) is 23.3 Å². The van der Waals surface area contributed by atoms with E-state index >= 15 is 0 Å². The second-order valence-corrected chi connectivity index (χ2v) is 7.20. The van der Waals surface area contributed by atoms with Crippen LogP contribution in [0.4, 0.5) is 0 Å². The highest BCUT2D eigenvalue weighted by molar-refractivity contribution is 9.10. The van der Waals surface area contributed by atoms with Crippen LogP contribution in [0.1, 0.15) is 12.8 Å². The maximum Gasteiger partial charge on any atom is 0.240 e. The van der Waals surface area contributed by atoms with E-state index < -0.39 is 10.0 Å². The van der Waals surface area contributed by atoms with Gasteiger partial charge in [-0.3, -0.25) is 0 Å². The van der Waals surface area contributed by atoms with Crippen LogP contribution >= 0.6 is 39.9 Å². The molecule has 1 aliphatic heterocycles. The highest BCUT2D eigenvalue weighted by atomic mass is 79.9. The SMILES string of the molecule is Cl.O=S(=O)(NC1CCNCC1)c1ccc(Cl)c(Br)c1. The van der Waals surface area contributed by atoms with Crippen molar-refractivity contribution >= 4 is 50.0 Å². The van der Waals surface area contributed by atoms with Crippen molar-refractivity contribution in [2.45, 2.75) is 23.8 Å². The first-order chi connectivity index (χ1) is 8.49. The summed E-state index contributed by atoms with van der Waals surface area (Å²) in [5, 5.41) is 3.69. The molecule has 1 aromatic rings. The minimum Gasteiger partial charge on any atom is -0.317 e. The van der Waals surface area contributed by atoms with Gasteiger partial charge in [-0.15, -0.1) is 12.4 Å². The van der Waals surface area contributed by atoms with E-state index in [0.717, 1.165) is 25.9 Å². The maximum absolute atomic E-state index is 12.2. The van der Waals surface area contributed by atoms with Crippen LogP contribution in [0, 0.1) is 0 Å². The fraction of sp³-hybridized carbons (Fsp3) is 0.455. The molecule has 0 spiro atoms. The average molecular weight is 390 g/mol. The summed E-state index contributed by atoms with van der Waals surface area (Å²) in [6.45, 7) is 1.69. The van der Waals surface area contributed by atoms with E-state index in [9.17, 15) is 8.42 Å². The Bertz CT molecular complexity index is 533. The molecule has 0 radical (unpaired) electrons. The third-order valence-electron chi connectivity index (χ3n) is 2.86. The molecule has 0 aliphatic carbocycles. The number of benzene rings is 1. The lowest BCUT2D eigenvalue weighted by atomic mass is 10.1. The van der Waals surface area contributed by atoms with Crippen molar-refractivity contribution in [3.63, 3.8) is 0 Å². The predicted molar refractivity (Wildman–Crippen MR) is 82.6 cm³/mol. The summed E-state index contributed by atoms with van der Waals surface area (Å²) in [5.74, 6) is 0. The number of rotatable bonds is 3. The van der Waals surface area contributed by atoms with Crippen molar-refractivity contribution < 1.29 is 8.42 Å². The number of halogens is 3. The monoisotopic (exact) mass is 388 g/mol. The van der Waals surface area contributed by atoms with E-state index in [1.165, 1.54) is 12.1 Å². The summed E-state index contributed by atoms with van der Waals surface area (Å²) in [7, 11) is -3.47. The van der Waals surface area contributed by atoms with Crippen LogP contribution in [0.5, 0.6) is 0 Å². The molecule has 1 aromatic carbocycles. The van der Waals surface area contributed by atoms with Gasteiger partial charge in [-0.25, -0.2) is 13.1 Å². The molecule has 8 heteroatoms. The number of hydrogen-bond donors (Lipinski definition) is 2. The average Bonchev–Trinajstić information content (AvgIpc) is 2.33. The van der Waals surface area contributed by atoms with E-state index in [2.05, 4.69) is 26.0 Å². The normalized spacial score (nSPS) is 16.9. The van der Waals surface area contributed by atoms with E-state index in [0.29, 0.717) is 9.50 Å². The summed E-state index contributed by atoms with van der Waals surface area (Å²) in [6, 6.07) is 4.61. The van der Waals surface area contributed by atoms with E-state index in [1.807, 2.05) is 0 Å². The molecule has 108 valence electrons. The smallest absolute Gasteiger partial charge is 0.240 e. The zero-order valence-corrected chi connectivity index (χ0v) is 14.0. The number of hydrogen-bond acceptors (Lipinski definition) is 3. The van der Waals surface area contributed by atoms with Gasteiger partial charge in [0.25, 0.3) is 0 Å². The molecule has 2 N–H and O–H groups in total. The first kappa shape index (κ1) is 17.2. The van der Waals surface area contributed by atoms with Gasteiger partial charge in [0.1, 0.15) is 0 Å². The Hall–Kier alpha value is 0.150. The molecule has 1 aliphatic rings. The molecule has 2 rings (SSSR count). The Morgan fingerprint density at radius 3 is 2.53 bits per heavy atom. The van der Waals surface area contributed by atoms with Crippen LogP contribution in [0.25, 0.3) is 0 Å². The highest BCUT2D eigenvalue weighted by Gasteiger charge is 2.22. The van der Waals surface area contributed by atoms with E-state index in [4.69, 9.17) is 11.6 Å². The van der Waals surface area contributed by atoms with Crippen molar-refractivity contribution in [3.05, 3.63) is 27.7 Å². The van der Waals surface area contributed by atoms with Gasteiger partial charge in [-0.05, 0) is 60.1 Å². The van der Waals surface area contributed by atoms with Crippen molar-refractivity contribution in [1.29, 1.82) is 0 Å². The van der Waals surface area contributed by atoms with Crippen LogP contribution in [-0.2, 0) is 10.0 Å². The van der Waals surface area contributed by atoms with Crippen molar-refractivity contribution in [3.8, 4) is 0 Å². The molecule has 1 heterocycles. The van der Waals surface area contributed by atoms with Gasteiger partial charge in [0.15, 0.2) is 0 Å². The molecule has 0 atom stereocenters. The summed E-state index contributed by atoms with van der Waals surface area (Å²) in [4.78, 5) is 0.234. The molecule has 19 heavy (non-hydrogen) atoms. The summed E-state index contributed by atoms with van der Waals surface area (Å²) >= 11 is 9.08. The zero-order valence-electron chi connectivity index (χ0n) is 10.0. The van der Waals surface area contributed by atoms with E-state index in [1.54, 1.807) is 6.07 Å². The maximum atomic E-state index is 12.2. The molecular formula is C11H15BrCl2N2O2S.